The number of rotatable bonds is 6. The average Bonchev–Trinajstić information content (AvgIpc) is 3.13. The smallest absolute Gasteiger partial charge is 0.119 e. The number of methoxy groups -OCH3 is 1. The van der Waals surface area contributed by atoms with Gasteiger partial charge in [-0.05, 0) is 55.0 Å². The van der Waals surface area contributed by atoms with Crippen LogP contribution in [0.25, 0.3) is 0 Å². The van der Waals surface area contributed by atoms with E-state index in [1.807, 2.05) is 0 Å². The molecule has 1 fully saturated rings. The highest BCUT2D eigenvalue weighted by atomic mass is 16.5. The summed E-state index contributed by atoms with van der Waals surface area (Å²) in [6.07, 6.45) is 3.86. The van der Waals surface area contributed by atoms with Crippen LogP contribution in [0.5, 0.6) is 5.75 Å². The van der Waals surface area contributed by atoms with E-state index in [2.05, 4.69) is 30.4 Å². The molecular formula is C14H21NO. The molecule has 0 heterocycles. The lowest BCUT2D eigenvalue weighted by Crippen LogP contribution is -2.13. The van der Waals surface area contributed by atoms with E-state index in [1.54, 1.807) is 7.11 Å². The Morgan fingerprint density at radius 1 is 1.31 bits per heavy atom. The van der Waals surface area contributed by atoms with Crippen molar-refractivity contribution in [2.45, 2.75) is 38.6 Å². The number of ether oxygens (including phenoxy) is 1. The van der Waals surface area contributed by atoms with Gasteiger partial charge in [-0.1, -0.05) is 13.0 Å². The largest absolute Gasteiger partial charge is 0.497 e. The standard InChI is InChI=1S/C14H21NO/c1-3-6-15-10-11-7-13(12-4-5-12)9-14(8-11)16-2/h7-9,12,15H,3-6,10H2,1-2H3. The number of nitrogens with one attached hydrogen (secondary N) is 1. The zero-order valence-electron chi connectivity index (χ0n) is 10.3. The highest BCUT2D eigenvalue weighted by Gasteiger charge is 2.24. The minimum Gasteiger partial charge on any atom is -0.497 e. The molecule has 0 spiro atoms. The van der Waals surface area contributed by atoms with Gasteiger partial charge in [0, 0.05) is 6.54 Å². The Morgan fingerprint density at radius 2 is 2.12 bits per heavy atom. The van der Waals surface area contributed by atoms with Crippen LogP contribution in [0.1, 0.15) is 43.2 Å². The molecule has 1 N–H and O–H groups in total. The molecule has 0 atom stereocenters. The Kier molecular flexibility index (Phi) is 3.83. The molecule has 0 aromatic heterocycles. The third-order valence-electron chi connectivity index (χ3n) is 3.03. The van der Waals surface area contributed by atoms with E-state index in [0.717, 1.165) is 24.8 Å². The Labute approximate surface area is 98.0 Å². The lowest BCUT2D eigenvalue weighted by Gasteiger charge is -2.09. The second kappa shape index (κ2) is 5.35. The summed E-state index contributed by atoms with van der Waals surface area (Å²) in [6.45, 7) is 4.22. The first kappa shape index (κ1) is 11.5. The molecule has 0 aliphatic heterocycles. The number of benzene rings is 1. The summed E-state index contributed by atoms with van der Waals surface area (Å²) >= 11 is 0. The zero-order chi connectivity index (χ0) is 11.4. The second-order valence-corrected chi connectivity index (χ2v) is 4.57. The lowest BCUT2D eigenvalue weighted by atomic mass is 10.1. The monoisotopic (exact) mass is 219 g/mol. The molecule has 1 aromatic carbocycles. The van der Waals surface area contributed by atoms with Crippen molar-refractivity contribution in [1.29, 1.82) is 0 Å². The lowest BCUT2D eigenvalue weighted by molar-refractivity contribution is 0.413. The van der Waals surface area contributed by atoms with Gasteiger partial charge >= 0.3 is 0 Å². The van der Waals surface area contributed by atoms with Crippen LogP contribution in [0.4, 0.5) is 0 Å². The van der Waals surface area contributed by atoms with Crippen LogP contribution < -0.4 is 10.1 Å². The predicted molar refractivity (Wildman–Crippen MR) is 67.0 cm³/mol. The molecule has 0 saturated heterocycles. The summed E-state index contributed by atoms with van der Waals surface area (Å²) in [4.78, 5) is 0. The maximum absolute atomic E-state index is 5.35. The molecule has 1 aliphatic rings. The van der Waals surface area contributed by atoms with E-state index in [1.165, 1.54) is 30.4 Å². The van der Waals surface area contributed by atoms with Crippen LogP contribution in [0.2, 0.25) is 0 Å². The van der Waals surface area contributed by atoms with Gasteiger partial charge in [0.1, 0.15) is 5.75 Å². The fourth-order valence-electron chi connectivity index (χ4n) is 1.97. The highest BCUT2D eigenvalue weighted by molar-refractivity contribution is 5.37. The molecule has 88 valence electrons. The van der Waals surface area contributed by atoms with E-state index in [-0.39, 0.29) is 0 Å². The van der Waals surface area contributed by atoms with Gasteiger partial charge in [-0.25, -0.2) is 0 Å². The van der Waals surface area contributed by atoms with Gasteiger partial charge < -0.3 is 10.1 Å². The fraction of sp³-hybridized carbons (Fsp3) is 0.571. The van der Waals surface area contributed by atoms with Gasteiger partial charge in [0.2, 0.25) is 0 Å². The topological polar surface area (TPSA) is 21.3 Å². The molecule has 1 saturated carbocycles. The molecule has 0 bridgehead atoms. The summed E-state index contributed by atoms with van der Waals surface area (Å²) in [7, 11) is 1.75. The summed E-state index contributed by atoms with van der Waals surface area (Å²) in [6, 6.07) is 6.64. The van der Waals surface area contributed by atoms with Crippen molar-refractivity contribution in [3.05, 3.63) is 29.3 Å². The molecule has 2 nitrogen and oxygen atoms in total. The third kappa shape index (κ3) is 2.99. The van der Waals surface area contributed by atoms with E-state index in [0.29, 0.717) is 0 Å². The average molecular weight is 219 g/mol. The molecule has 0 amide bonds. The SMILES string of the molecule is CCCNCc1cc(OC)cc(C2CC2)c1. The maximum atomic E-state index is 5.35. The van der Waals surface area contributed by atoms with Gasteiger partial charge in [-0.2, -0.15) is 0 Å². The Balaban J connectivity index is 2.06. The van der Waals surface area contributed by atoms with Crippen molar-refractivity contribution in [1.82, 2.24) is 5.32 Å². The van der Waals surface area contributed by atoms with E-state index in [9.17, 15) is 0 Å². The minimum atomic E-state index is 0.792. The Bertz CT molecular complexity index is 345. The van der Waals surface area contributed by atoms with Crippen molar-refractivity contribution >= 4 is 0 Å². The second-order valence-electron chi connectivity index (χ2n) is 4.57. The van der Waals surface area contributed by atoms with Gasteiger partial charge in [-0.3, -0.25) is 0 Å². The molecular weight excluding hydrogens is 198 g/mol. The van der Waals surface area contributed by atoms with Crippen LogP contribution in [-0.4, -0.2) is 13.7 Å². The first-order valence-electron chi connectivity index (χ1n) is 6.22. The van der Waals surface area contributed by atoms with Crippen LogP contribution in [0, 0.1) is 0 Å². The minimum absolute atomic E-state index is 0.792. The predicted octanol–water partition coefficient (Wildman–Crippen LogP) is 3.07. The molecule has 16 heavy (non-hydrogen) atoms. The molecule has 1 aromatic rings. The Morgan fingerprint density at radius 3 is 2.75 bits per heavy atom. The normalized spacial score (nSPS) is 15.1. The van der Waals surface area contributed by atoms with Crippen molar-refractivity contribution < 1.29 is 4.74 Å². The first-order chi connectivity index (χ1) is 7.83. The Hall–Kier alpha value is -1.02. The van der Waals surface area contributed by atoms with Crippen LogP contribution >= 0.6 is 0 Å². The van der Waals surface area contributed by atoms with Gasteiger partial charge in [0.05, 0.1) is 7.11 Å². The molecule has 0 unspecified atom stereocenters. The first-order valence-corrected chi connectivity index (χ1v) is 6.22. The van der Waals surface area contributed by atoms with Crippen molar-refractivity contribution in [3.8, 4) is 5.75 Å². The van der Waals surface area contributed by atoms with E-state index in [4.69, 9.17) is 4.74 Å². The van der Waals surface area contributed by atoms with Gasteiger partial charge in [-0.15, -0.1) is 0 Å². The quantitative estimate of drug-likeness (QED) is 0.742. The van der Waals surface area contributed by atoms with Gasteiger partial charge in [0.15, 0.2) is 0 Å². The third-order valence-corrected chi connectivity index (χ3v) is 3.03. The fourth-order valence-corrected chi connectivity index (χ4v) is 1.97. The molecule has 2 rings (SSSR count). The molecule has 1 aliphatic carbocycles. The van der Waals surface area contributed by atoms with Crippen molar-refractivity contribution in [2.24, 2.45) is 0 Å². The zero-order valence-corrected chi connectivity index (χ0v) is 10.3. The summed E-state index contributed by atoms with van der Waals surface area (Å²) in [5.74, 6) is 1.79. The summed E-state index contributed by atoms with van der Waals surface area (Å²) in [5.41, 5.74) is 2.79. The van der Waals surface area contributed by atoms with Crippen LogP contribution in [0.15, 0.2) is 18.2 Å². The maximum Gasteiger partial charge on any atom is 0.119 e. The summed E-state index contributed by atoms with van der Waals surface area (Å²) < 4.78 is 5.35. The van der Waals surface area contributed by atoms with Gasteiger partial charge in [0.25, 0.3) is 0 Å². The number of hydrogen-bond acceptors (Lipinski definition) is 2. The van der Waals surface area contributed by atoms with Crippen LogP contribution in [-0.2, 0) is 6.54 Å². The number of hydrogen-bond donors (Lipinski definition) is 1. The highest BCUT2D eigenvalue weighted by Crippen LogP contribution is 2.41. The van der Waals surface area contributed by atoms with E-state index < -0.39 is 0 Å². The van der Waals surface area contributed by atoms with E-state index >= 15 is 0 Å². The van der Waals surface area contributed by atoms with Crippen molar-refractivity contribution in [2.75, 3.05) is 13.7 Å². The molecule has 0 radical (unpaired) electrons. The van der Waals surface area contributed by atoms with Crippen molar-refractivity contribution in [3.63, 3.8) is 0 Å². The van der Waals surface area contributed by atoms with Crippen LogP contribution in [0.3, 0.4) is 0 Å². The molecule has 2 heteroatoms. The summed E-state index contributed by atoms with van der Waals surface area (Å²) in [5, 5.41) is 3.43.